The molecule has 2 aromatic rings. The Labute approximate surface area is 109 Å². The predicted octanol–water partition coefficient (Wildman–Crippen LogP) is 1.25. The summed E-state index contributed by atoms with van der Waals surface area (Å²) in [6.07, 6.45) is 2.08. The normalized spacial score (nSPS) is 11.3. The van der Waals surface area contributed by atoms with Crippen LogP contribution in [-0.2, 0) is 9.84 Å². The summed E-state index contributed by atoms with van der Waals surface area (Å²) < 4.78 is 36.1. The van der Waals surface area contributed by atoms with Crippen LogP contribution in [0.5, 0.6) is 0 Å². The molecule has 0 aliphatic heterocycles. The van der Waals surface area contributed by atoms with Crippen LogP contribution in [0.3, 0.4) is 0 Å². The molecule has 0 saturated carbocycles. The largest absolute Gasteiger partial charge is 0.287 e. The Morgan fingerprint density at radius 3 is 2.53 bits per heavy atom. The van der Waals surface area contributed by atoms with Crippen molar-refractivity contribution < 1.29 is 17.6 Å². The highest BCUT2D eigenvalue weighted by molar-refractivity contribution is 7.90. The van der Waals surface area contributed by atoms with E-state index in [9.17, 15) is 17.6 Å². The van der Waals surface area contributed by atoms with Gasteiger partial charge in [-0.25, -0.2) is 22.8 Å². The summed E-state index contributed by atoms with van der Waals surface area (Å²) in [5, 5.41) is -0.463. The number of sulfone groups is 1. The molecule has 0 N–H and O–H groups in total. The van der Waals surface area contributed by atoms with Crippen molar-refractivity contribution in [2.75, 3.05) is 6.26 Å². The van der Waals surface area contributed by atoms with Gasteiger partial charge in [0.15, 0.2) is 0 Å². The number of carbonyl (C=O) groups excluding carboxylic acids is 1. The molecule has 5 nitrogen and oxygen atoms in total. The lowest BCUT2D eigenvalue weighted by molar-refractivity contribution is 0.102. The first-order valence-electron chi connectivity index (χ1n) is 5.22. The maximum absolute atomic E-state index is 13.5. The van der Waals surface area contributed by atoms with Gasteiger partial charge in [-0.3, -0.25) is 4.79 Å². The van der Waals surface area contributed by atoms with E-state index in [0.29, 0.717) is 0 Å². The summed E-state index contributed by atoms with van der Waals surface area (Å²) in [5.74, 6) is -1.38. The van der Waals surface area contributed by atoms with E-state index >= 15 is 0 Å². The van der Waals surface area contributed by atoms with E-state index in [2.05, 4.69) is 9.97 Å². The van der Waals surface area contributed by atoms with Crippen molar-refractivity contribution in [3.8, 4) is 0 Å². The number of halogens is 1. The van der Waals surface area contributed by atoms with E-state index in [0.717, 1.165) is 18.5 Å². The number of hydrogen-bond donors (Lipinski definition) is 0. The van der Waals surface area contributed by atoms with Crippen LogP contribution in [0.4, 0.5) is 4.39 Å². The van der Waals surface area contributed by atoms with Gasteiger partial charge in [-0.1, -0.05) is 12.1 Å². The van der Waals surface area contributed by atoms with Gasteiger partial charge in [0.2, 0.25) is 20.8 Å². The molecule has 0 aliphatic rings. The molecule has 0 radical (unpaired) electrons. The molecule has 0 atom stereocenters. The molecular weight excluding hydrogens is 271 g/mol. The van der Waals surface area contributed by atoms with Crippen LogP contribution in [0.25, 0.3) is 0 Å². The van der Waals surface area contributed by atoms with Crippen LogP contribution in [-0.4, -0.2) is 30.4 Å². The van der Waals surface area contributed by atoms with Gasteiger partial charge >= 0.3 is 0 Å². The van der Waals surface area contributed by atoms with E-state index in [1.54, 1.807) is 0 Å². The number of rotatable bonds is 3. The van der Waals surface area contributed by atoms with Crippen LogP contribution in [0.2, 0.25) is 0 Å². The molecule has 1 aromatic carbocycles. The molecule has 7 heteroatoms. The van der Waals surface area contributed by atoms with E-state index in [1.165, 1.54) is 24.3 Å². The minimum atomic E-state index is -3.62. The molecule has 0 unspecified atom stereocenters. The van der Waals surface area contributed by atoms with Crippen LogP contribution in [0.15, 0.2) is 41.7 Å². The Hall–Kier alpha value is -2.15. The first-order valence-corrected chi connectivity index (χ1v) is 7.11. The van der Waals surface area contributed by atoms with Crippen molar-refractivity contribution in [2.24, 2.45) is 0 Å². The topological polar surface area (TPSA) is 77.0 Å². The smallest absolute Gasteiger partial charge is 0.247 e. The van der Waals surface area contributed by atoms with Crippen molar-refractivity contribution in [2.45, 2.75) is 5.16 Å². The highest BCUT2D eigenvalue weighted by Gasteiger charge is 2.18. The molecule has 0 fully saturated rings. The highest BCUT2D eigenvalue weighted by atomic mass is 32.2. The zero-order valence-corrected chi connectivity index (χ0v) is 10.7. The van der Waals surface area contributed by atoms with Crippen molar-refractivity contribution >= 4 is 15.6 Å². The summed E-state index contributed by atoms with van der Waals surface area (Å²) in [4.78, 5) is 19.2. The van der Waals surface area contributed by atoms with Crippen LogP contribution >= 0.6 is 0 Å². The molecule has 2 rings (SSSR count). The van der Waals surface area contributed by atoms with Crippen molar-refractivity contribution in [3.63, 3.8) is 0 Å². The molecule has 0 spiro atoms. The molecular formula is C12H9FN2O3S. The summed E-state index contributed by atoms with van der Waals surface area (Å²) in [6, 6.07) is 6.65. The third-order valence-electron chi connectivity index (χ3n) is 2.32. The van der Waals surface area contributed by atoms with Crippen LogP contribution in [0, 0.1) is 5.82 Å². The zero-order chi connectivity index (χ0) is 14.0. The average Bonchev–Trinajstić information content (AvgIpc) is 2.38. The summed E-state index contributed by atoms with van der Waals surface area (Å²) in [5.41, 5.74) is -0.332. The highest BCUT2D eigenvalue weighted by Crippen LogP contribution is 2.12. The molecule has 19 heavy (non-hydrogen) atoms. The fourth-order valence-electron chi connectivity index (χ4n) is 1.43. The van der Waals surface area contributed by atoms with Gasteiger partial charge in [-0.05, 0) is 18.2 Å². The molecule has 0 bridgehead atoms. The van der Waals surface area contributed by atoms with E-state index in [4.69, 9.17) is 0 Å². The summed E-state index contributed by atoms with van der Waals surface area (Å²) >= 11 is 0. The first-order chi connectivity index (χ1) is 8.89. The zero-order valence-electron chi connectivity index (χ0n) is 9.87. The van der Waals surface area contributed by atoms with Crippen LogP contribution < -0.4 is 0 Å². The Bertz CT molecular complexity index is 744. The monoisotopic (exact) mass is 280 g/mol. The average molecular weight is 280 g/mol. The Morgan fingerprint density at radius 1 is 1.21 bits per heavy atom. The number of ketones is 1. The van der Waals surface area contributed by atoms with Crippen molar-refractivity contribution in [1.29, 1.82) is 0 Å². The lowest BCUT2D eigenvalue weighted by Crippen LogP contribution is -2.11. The standard InChI is InChI=1S/C12H9FN2O3S/c1-19(17,18)12-14-7-6-10(15-12)11(16)8-4-2-3-5-9(8)13/h2-7H,1H3. The van der Waals surface area contributed by atoms with E-state index in [-0.39, 0.29) is 11.3 Å². The van der Waals surface area contributed by atoms with Gasteiger partial charge in [0.25, 0.3) is 0 Å². The minimum absolute atomic E-state index is 0.166. The number of hydrogen-bond acceptors (Lipinski definition) is 5. The van der Waals surface area contributed by atoms with Crippen LogP contribution in [0.1, 0.15) is 16.1 Å². The Kier molecular flexibility index (Phi) is 3.39. The maximum Gasteiger partial charge on any atom is 0.247 e. The van der Waals surface area contributed by atoms with E-state index in [1.807, 2.05) is 0 Å². The lowest BCUT2D eigenvalue weighted by atomic mass is 10.1. The first kappa shape index (κ1) is 13.3. The fourth-order valence-corrected chi connectivity index (χ4v) is 1.95. The molecule has 1 heterocycles. The van der Waals surface area contributed by atoms with Gasteiger partial charge in [0.05, 0.1) is 5.56 Å². The third kappa shape index (κ3) is 2.82. The van der Waals surface area contributed by atoms with Gasteiger partial charge in [0.1, 0.15) is 11.5 Å². The minimum Gasteiger partial charge on any atom is -0.287 e. The van der Waals surface area contributed by atoms with Gasteiger partial charge in [-0.2, -0.15) is 0 Å². The third-order valence-corrected chi connectivity index (χ3v) is 3.18. The maximum atomic E-state index is 13.5. The fraction of sp³-hybridized carbons (Fsp3) is 0.0833. The number of benzene rings is 1. The second-order valence-electron chi connectivity index (χ2n) is 3.81. The number of aromatic nitrogens is 2. The second kappa shape index (κ2) is 4.85. The lowest BCUT2D eigenvalue weighted by Gasteiger charge is -2.03. The summed E-state index contributed by atoms with van der Waals surface area (Å²) in [6.45, 7) is 0. The number of nitrogens with zero attached hydrogens (tertiary/aromatic N) is 2. The summed E-state index contributed by atoms with van der Waals surface area (Å²) in [7, 11) is -3.62. The second-order valence-corrected chi connectivity index (χ2v) is 5.72. The SMILES string of the molecule is CS(=O)(=O)c1nccc(C(=O)c2ccccc2F)n1. The molecule has 1 aromatic heterocycles. The molecule has 0 aliphatic carbocycles. The quantitative estimate of drug-likeness (QED) is 0.624. The van der Waals surface area contributed by atoms with Gasteiger partial charge < -0.3 is 0 Å². The van der Waals surface area contributed by atoms with Crippen molar-refractivity contribution in [1.82, 2.24) is 9.97 Å². The predicted molar refractivity (Wildman–Crippen MR) is 65.0 cm³/mol. The van der Waals surface area contributed by atoms with Gasteiger partial charge in [-0.15, -0.1) is 0 Å². The number of carbonyl (C=O) groups is 1. The molecule has 0 saturated heterocycles. The molecule has 98 valence electrons. The van der Waals surface area contributed by atoms with Crippen molar-refractivity contribution in [3.05, 3.63) is 53.6 Å². The van der Waals surface area contributed by atoms with Gasteiger partial charge in [0, 0.05) is 12.5 Å². The Morgan fingerprint density at radius 2 is 1.89 bits per heavy atom. The van der Waals surface area contributed by atoms with E-state index < -0.39 is 26.6 Å². The molecule has 0 amide bonds. The Balaban J connectivity index is 2.49.